The summed E-state index contributed by atoms with van der Waals surface area (Å²) in [7, 11) is 3.31. The second-order valence-electron chi connectivity index (χ2n) is 3.98. The van der Waals surface area contributed by atoms with Crippen molar-refractivity contribution in [1.29, 1.82) is 0 Å². The van der Waals surface area contributed by atoms with Crippen LogP contribution in [0.2, 0.25) is 5.02 Å². The summed E-state index contributed by atoms with van der Waals surface area (Å²) < 4.78 is 5.06. The van der Waals surface area contributed by atoms with E-state index in [0.717, 1.165) is 5.75 Å². The van der Waals surface area contributed by atoms with Crippen LogP contribution in [0.15, 0.2) is 36.5 Å². The molecule has 0 aliphatic heterocycles. The maximum Gasteiger partial charge on any atom is 0.257 e. The average Bonchev–Trinajstić information content (AvgIpc) is 2.48. The van der Waals surface area contributed by atoms with Crippen LogP contribution in [0.3, 0.4) is 0 Å². The van der Waals surface area contributed by atoms with Gasteiger partial charge in [-0.15, -0.1) is 0 Å². The van der Waals surface area contributed by atoms with E-state index in [1.54, 1.807) is 44.5 Å². The number of pyridine rings is 1. The van der Waals surface area contributed by atoms with Gasteiger partial charge >= 0.3 is 0 Å². The van der Waals surface area contributed by atoms with Gasteiger partial charge in [-0.25, -0.2) is 4.98 Å². The number of nitrogens with zero attached hydrogens (tertiary/aromatic N) is 1. The van der Waals surface area contributed by atoms with E-state index in [1.807, 2.05) is 0 Å². The Bertz CT molecular complexity index is 614. The third-order valence-electron chi connectivity index (χ3n) is 2.70. The van der Waals surface area contributed by atoms with E-state index < -0.39 is 0 Å². The summed E-state index contributed by atoms with van der Waals surface area (Å²) in [5, 5.41) is 5.93. The quantitative estimate of drug-likeness (QED) is 0.909. The molecular formula is C14H14ClN3O2. The van der Waals surface area contributed by atoms with Crippen LogP contribution in [0, 0.1) is 0 Å². The molecule has 0 bridgehead atoms. The summed E-state index contributed by atoms with van der Waals surface area (Å²) in [4.78, 5) is 16.2. The topological polar surface area (TPSA) is 63.2 Å². The van der Waals surface area contributed by atoms with Gasteiger partial charge in [0.1, 0.15) is 11.6 Å². The molecule has 0 aliphatic rings. The Hall–Kier alpha value is -2.27. The zero-order valence-electron chi connectivity index (χ0n) is 11.1. The number of aromatic nitrogens is 1. The number of hydrogen-bond acceptors (Lipinski definition) is 4. The van der Waals surface area contributed by atoms with Gasteiger partial charge in [0.25, 0.3) is 5.91 Å². The van der Waals surface area contributed by atoms with Crippen LogP contribution in [0.5, 0.6) is 5.75 Å². The highest BCUT2D eigenvalue weighted by Gasteiger charge is 2.12. The molecule has 0 spiro atoms. The third-order valence-corrected chi connectivity index (χ3v) is 3.01. The first-order chi connectivity index (χ1) is 9.63. The molecule has 1 aromatic carbocycles. The van der Waals surface area contributed by atoms with Crippen LogP contribution >= 0.6 is 11.6 Å². The van der Waals surface area contributed by atoms with Gasteiger partial charge < -0.3 is 15.4 Å². The lowest BCUT2D eigenvalue weighted by atomic mass is 10.2. The predicted octanol–water partition coefficient (Wildman–Crippen LogP) is 3.04. The summed E-state index contributed by atoms with van der Waals surface area (Å²) in [6.45, 7) is 0. The van der Waals surface area contributed by atoms with Gasteiger partial charge in [-0.05, 0) is 30.3 Å². The molecule has 1 aromatic heterocycles. The molecule has 1 heterocycles. The van der Waals surface area contributed by atoms with E-state index in [0.29, 0.717) is 22.1 Å². The van der Waals surface area contributed by atoms with Crippen molar-refractivity contribution in [2.24, 2.45) is 0 Å². The number of ether oxygens (including phenoxy) is 1. The monoisotopic (exact) mass is 291 g/mol. The molecule has 0 unspecified atom stereocenters. The van der Waals surface area contributed by atoms with Gasteiger partial charge in [0.05, 0.1) is 17.7 Å². The first-order valence-electron chi connectivity index (χ1n) is 5.92. The largest absolute Gasteiger partial charge is 0.497 e. The number of anilines is 2. The van der Waals surface area contributed by atoms with Crippen molar-refractivity contribution in [3.63, 3.8) is 0 Å². The van der Waals surface area contributed by atoms with Gasteiger partial charge in [0.15, 0.2) is 0 Å². The van der Waals surface area contributed by atoms with Crippen LogP contribution in [0.25, 0.3) is 0 Å². The molecule has 0 aliphatic carbocycles. The molecule has 0 atom stereocenters. The van der Waals surface area contributed by atoms with Gasteiger partial charge in [-0.3, -0.25) is 4.79 Å². The maximum absolute atomic E-state index is 12.2. The Morgan fingerprint density at radius 3 is 2.60 bits per heavy atom. The summed E-state index contributed by atoms with van der Waals surface area (Å²) in [5.41, 5.74) is 1.02. The first kappa shape index (κ1) is 14.1. The number of nitrogens with one attached hydrogen (secondary N) is 2. The summed E-state index contributed by atoms with van der Waals surface area (Å²) in [6.07, 6.45) is 1.44. The number of hydrogen-bond donors (Lipinski definition) is 2. The van der Waals surface area contributed by atoms with Crippen LogP contribution in [0.1, 0.15) is 10.4 Å². The highest BCUT2D eigenvalue weighted by Crippen LogP contribution is 2.20. The van der Waals surface area contributed by atoms with Crippen molar-refractivity contribution in [2.75, 3.05) is 24.8 Å². The molecule has 0 saturated carbocycles. The normalized spacial score (nSPS) is 9.95. The lowest BCUT2D eigenvalue weighted by Gasteiger charge is -2.08. The van der Waals surface area contributed by atoms with E-state index in [9.17, 15) is 4.79 Å². The Kier molecular flexibility index (Phi) is 4.42. The van der Waals surface area contributed by atoms with Crippen LogP contribution < -0.4 is 15.4 Å². The summed E-state index contributed by atoms with van der Waals surface area (Å²) in [5.74, 6) is 1.01. The number of benzene rings is 1. The van der Waals surface area contributed by atoms with E-state index in [1.165, 1.54) is 6.20 Å². The Labute approximate surface area is 121 Å². The van der Waals surface area contributed by atoms with Crippen molar-refractivity contribution < 1.29 is 9.53 Å². The highest BCUT2D eigenvalue weighted by atomic mass is 35.5. The van der Waals surface area contributed by atoms with E-state index in [-0.39, 0.29) is 5.91 Å². The van der Waals surface area contributed by atoms with Crippen molar-refractivity contribution in [1.82, 2.24) is 4.98 Å². The zero-order valence-corrected chi connectivity index (χ0v) is 11.9. The molecule has 0 saturated heterocycles. The molecule has 2 aromatic rings. The molecule has 2 N–H and O–H groups in total. The minimum absolute atomic E-state index is 0.293. The first-order valence-corrected chi connectivity index (χ1v) is 6.30. The molecule has 6 heteroatoms. The Morgan fingerprint density at radius 1 is 1.30 bits per heavy atom. The fourth-order valence-electron chi connectivity index (χ4n) is 1.62. The molecule has 5 nitrogen and oxygen atoms in total. The van der Waals surface area contributed by atoms with Gasteiger partial charge in [0.2, 0.25) is 0 Å². The van der Waals surface area contributed by atoms with Crippen LogP contribution in [-0.4, -0.2) is 25.0 Å². The van der Waals surface area contributed by atoms with Gasteiger partial charge in [-0.1, -0.05) is 11.6 Å². The number of amides is 1. The standard InChI is InChI=1S/C14H14ClN3O2/c1-16-13-7-11(12(15)8-17-13)14(19)18-9-3-5-10(20-2)6-4-9/h3-8H,1-2H3,(H,16,17)(H,18,19). The average molecular weight is 292 g/mol. The third kappa shape index (κ3) is 3.19. The number of carbonyl (C=O) groups is 1. The van der Waals surface area contributed by atoms with Crippen molar-refractivity contribution >= 4 is 29.0 Å². The number of halogens is 1. The fourth-order valence-corrected chi connectivity index (χ4v) is 1.81. The molecule has 20 heavy (non-hydrogen) atoms. The highest BCUT2D eigenvalue weighted by molar-refractivity contribution is 6.34. The lowest BCUT2D eigenvalue weighted by molar-refractivity contribution is 0.102. The fraction of sp³-hybridized carbons (Fsp3) is 0.143. The number of rotatable bonds is 4. The van der Waals surface area contributed by atoms with Crippen LogP contribution in [0.4, 0.5) is 11.5 Å². The molecule has 1 amide bonds. The van der Waals surface area contributed by atoms with E-state index in [2.05, 4.69) is 15.6 Å². The lowest BCUT2D eigenvalue weighted by Crippen LogP contribution is -2.13. The van der Waals surface area contributed by atoms with Crippen LogP contribution in [-0.2, 0) is 0 Å². The minimum atomic E-state index is -0.293. The summed E-state index contributed by atoms with van der Waals surface area (Å²) >= 11 is 5.99. The smallest absolute Gasteiger partial charge is 0.257 e. The SMILES string of the molecule is CNc1cc(C(=O)Nc2ccc(OC)cc2)c(Cl)cn1. The summed E-state index contributed by atoms with van der Waals surface area (Å²) in [6, 6.07) is 8.64. The Balaban J connectivity index is 2.18. The zero-order chi connectivity index (χ0) is 14.5. The van der Waals surface area contributed by atoms with Crippen molar-refractivity contribution in [2.45, 2.75) is 0 Å². The predicted molar refractivity (Wildman–Crippen MR) is 79.7 cm³/mol. The van der Waals surface area contributed by atoms with Crippen molar-refractivity contribution in [3.8, 4) is 5.75 Å². The minimum Gasteiger partial charge on any atom is -0.497 e. The second kappa shape index (κ2) is 6.25. The van der Waals surface area contributed by atoms with E-state index in [4.69, 9.17) is 16.3 Å². The number of methoxy groups -OCH3 is 1. The van der Waals surface area contributed by atoms with Gasteiger partial charge in [-0.2, -0.15) is 0 Å². The maximum atomic E-state index is 12.2. The molecule has 0 fully saturated rings. The van der Waals surface area contributed by atoms with Crippen molar-refractivity contribution in [3.05, 3.63) is 47.1 Å². The molecular weight excluding hydrogens is 278 g/mol. The molecule has 0 radical (unpaired) electrons. The second-order valence-corrected chi connectivity index (χ2v) is 4.39. The van der Waals surface area contributed by atoms with E-state index >= 15 is 0 Å². The molecule has 104 valence electrons. The number of carbonyl (C=O) groups excluding carboxylic acids is 1. The Morgan fingerprint density at radius 2 is 2.00 bits per heavy atom. The van der Waals surface area contributed by atoms with Gasteiger partial charge in [0, 0.05) is 18.9 Å². The molecule has 2 rings (SSSR count).